The van der Waals surface area contributed by atoms with Gasteiger partial charge in [-0.15, -0.1) is 0 Å². The van der Waals surface area contributed by atoms with Gasteiger partial charge in [-0.1, -0.05) is 12.1 Å². The molecule has 1 aromatic heterocycles. The van der Waals surface area contributed by atoms with E-state index < -0.39 is 5.91 Å². The number of hydrogen-bond donors (Lipinski definition) is 1. The molecule has 1 aliphatic heterocycles. The molecule has 1 amide bonds. The second-order valence-corrected chi connectivity index (χ2v) is 5.43. The van der Waals surface area contributed by atoms with E-state index in [4.69, 9.17) is 9.47 Å². The Morgan fingerprint density at radius 2 is 2.08 bits per heavy atom. The van der Waals surface area contributed by atoms with Crippen LogP contribution in [0.4, 0.5) is 0 Å². The molecule has 0 saturated carbocycles. The molecule has 0 fully saturated rings. The fraction of sp³-hybridized carbons (Fsp3) is 0.211. The molecule has 6 nitrogen and oxygen atoms in total. The normalized spacial score (nSPS) is 13.5. The number of carbonyl (C=O) groups is 1. The Kier molecular flexibility index (Phi) is 5.27. The number of benzene rings is 1. The van der Waals surface area contributed by atoms with Gasteiger partial charge in [0.05, 0.1) is 25.5 Å². The molecule has 2 aromatic rings. The number of nitrogens with zero attached hydrogens (tertiary/aromatic N) is 2. The summed E-state index contributed by atoms with van der Waals surface area (Å²) < 4.78 is 11.2. The van der Waals surface area contributed by atoms with E-state index in [2.05, 4.69) is 10.3 Å². The summed E-state index contributed by atoms with van der Waals surface area (Å²) >= 11 is 0. The predicted molar refractivity (Wildman–Crippen MR) is 91.7 cm³/mol. The summed E-state index contributed by atoms with van der Waals surface area (Å²) in [6.45, 7) is 1.46. The molecule has 1 aliphatic rings. The zero-order valence-corrected chi connectivity index (χ0v) is 13.6. The molecular formula is C19H17N3O3. The lowest BCUT2D eigenvalue weighted by Crippen LogP contribution is -2.24. The van der Waals surface area contributed by atoms with Crippen LogP contribution in [-0.2, 0) is 11.3 Å². The van der Waals surface area contributed by atoms with Crippen LogP contribution in [0, 0.1) is 11.3 Å². The zero-order chi connectivity index (χ0) is 17.5. The quantitative estimate of drug-likeness (QED) is 0.685. The van der Waals surface area contributed by atoms with E-state index in [1.54, 1.807) is 36.5 Å². The molecule has 126 valence electrons. The highest BCUT2D eigenvalue weighted by Crippen LogP contribution is 2.31. The van der Waals surface area contributed by atoms with Crippen LogP contribution in [0.1, 0.15) is 17.7 Å². The first-order valence-corrected chi connectivity index (χ1v) is 7.96. The Balaban J connectivity index is 1.72. The van der Waals surface area contributed by atoms with Gasteiger partial charge in [-0.2, -0.15) is 5.26 Å². The summed E-state index contributed by atoms with van der Waals surface area (Å²) in [4.78, 5) is 16.3. The number of pyridine rings is 1. The van der Waals surface area contributed by atoms with Gasteiger partial charge in [0.2, 0.25) is 0 Å². The monoisotopic (exact) mass is 335 g/mol. The van der Waals surface area contributed by atoms with Gasteiger partial charge in [0.25, 0.3) is 5.91 Å². The SMILES string of the molecule is N#C/C(=C\c1ccc2c(c1)OCCCO2)C(=O)NCc1ccccn1. The Morgan fingerprint density at radius 1 is 1.24 bits per heavy atom. The number of nitriles is 1. The number of nitrogens with one attached hydrogen (secondary N) is 1. The van der Waals surface area contributed by atoms with Crippen molar-refractivity contribution in [3.05, 3.63) is 59.4 Å². The van der Waals surface area contributed by atoms with Crippen LogP contribution in [0.5, 0.6) is 11.5 Å². The molecule has 0 spiro atoms. The molecule has 0 saturated heterocycles. The molecule has 0 atom stereocenters. The maximum Gasteiger partial charge on any atom is 0.262 e. The molecule has 1 N–H and O–H groups in total. The van der Waals surface area contributed by atoms with E-state index in [9.17, 15) is 10.1 Å². The number of fused-ring (bicyclic) bond motifs is 1. The number of amides is 1. The number of hydrogen-bond acceptors (Lipinski definition) is 5. The fourth-order valence-electron chi connectivity index (χ4n) is 2.35. The van der Waals surface area contributed by atoms with Crippen molar-refractivity contribution in [1.82, 2.24) is 10.3 Å². The van der Waals surface area contributed by atoms with Crippen molar-refractivity contribution in [1.29, 1.82) is 5.26 Å². The number of ether oxygens (including phenoxy) is 2. The minimum atomic E-state index is -0.444. The van der Waals surface area contributed by atoms with E-state index in [-0.39, 0.29) is 12.1 Å². The molecule has 3 rings (SSSR count). The molecular weight excluding hydrogens is 318 g/mol. The number of carbonyl (C=O) groups excluding carboxylic acids is 1. The lowest BCUT2D eigenvalue weighted by Gasteiger charge is -2.08. The second kappa shape index (κ2) is 7.97. The Labute approximate surface area is 145 Å². The van der Waals surface area contributed by atoms with Gasteiger partial charge in [0.1, 0.15) is 11.6 Å². The van der Waals surface area contributed by atoms with Crippen molar-refractivity contribution in [2.75, 3.05) is 13.2 Å². The maximum atomic E-state index is 12.2. The Morgan fingerprint density at radius 3 is 2.84 bits per heavy atom. The molecule has 1 aromatic carbocycles. The molecule has 25 heavy (non-hydrogen) atoms. The van der Waals surface area contributed by atoms with Crippen molar-refractivity contribution < 1.29 is 14.3 Å². The van der Waals surface area contributed by atoms with Gasteiger partial charge < -0.3 is 14.8 Å². The van der Waals surface area contributed by atoms with Gasteiger partial charge in [-0.05, 0) is 35.9 Å². The average Bonchev–Trinajstić information content (AvgIpc) is 2.90. The molecule has 6 heteroatoms. The van der Waals surface area contributed by atoms with E-state index in [1.165, 1.54) is 6.08 Å². The summed E-state index contributed by atoms with van der Waals surface area (Å²) in [5, 5.41) is 12.0. The number of rotatable bonds is 4. The molecule has 0 aliphatic carbocycles. The van der Waals surface area contributed by atoms with Gasteiger partial charge in [0.15, 0.2) is 11.5 Å². The molecule has 0 bridgehead atoms. The third-order valence-corrected chi connectivity index (χ3v) is 3.60. The van der Waals surface area contributed by atoms with Crippen molar-refractivity contribution in [3.8, 4) is 17.6 Å². The molecule has 2 heterocycles. The Hall–Kier alpha value is -3.33. The van der Waals surface area contributed by atoms with Crippen molar-refractivity contribution in [2.24, 2.45) is 0 Å². The summed E-state index contributed by atoms with van der Waals surface area (Å²) in [7, 11) is 0. The first-order valence-electron chi connectivity index (χ1n) is 7.96. The summed E-state index contributed by atoms with van der Waals surface area (Å²) in [5.74, 6) is 0.852. The van der Waals surface area contributed by atoms with E-state index in [0.29, 0.717) is 30.3 Å². The summed E-state index contributed by atoms with van der Waals surface area (Å²) in [6, 6.07) is 12.7. The van der Waals surface area contributed by atoms with Crippen molar-refractivity contribution in [2.45, 2.75) is 13.0 Å². The van der Waals surface area contributed by atoms with Crippen LogP contribution in [0.2, 0.25) is 0 Å². The highest BCUT2D eigenvalue weighted by Gasteiger charge is 2.12. The van der Waals surface area contributed by atoms with Gasteiger partial charge in [-0.3, -0.25) is 9.78 Å². The molecule has 0 radical (unpaired) electrons. The van der Waals surface area contributed by atoms with Crippen LogP contribution in [-0.4, -0.2) is 24.1 Å². The van der Waals surface area contributed by atoms with E-state index in [0.717, 1.165) is 12.1 Å². The maximum absolute atomic E-state index is 12.2. The second-order valence-electron chi connectivity index (χ2n) is 5.43. The molecule has 0 unspecified atom stereocenters. The Bertz CT molecular complexity index is 826. The lowest BCUT2D eigenvalue weighted by molar-refractivity contribution is -0.117. The van der Waals surface area contributed by atoms with Gasteiger partial charge >= 0.3 is 0 Å². The topological polar surface area (TPSA) is 84.2 Å². The third kappa shape index (κ3) is 4.36. The van der Waals surface area contributed by atoms with Crippen LogP contribution in [0.25, 0.3) is 6.08 Å². The predicted octanol–water partition coefficient (Wildman–Crippen LogP) is 2.47. The average molecular weight is 335 g/mol. The van der Waals surface area contributed by atoms with Crippen LogP contribution in [0.3, 0.4) is 0 Å². The van der Waals surface area contributed by atoms with Crippen molar-refractivity contribution >= 4 is 12.0 Å². The highest BCUT2D eigenvalue weighted by molar-refractivity contribution is 6.01. The van der Waals surface area contributed by atoms with Gasteiger partial charge in [0, 0.05) is 12.6 Å². The minimum Gasteiger partial charge on any atom is -0.490 e. The zero-order valence-electron chi connectivity index (χ0n) is 13.6. The first kappa shape index (κ1) is 16.5. The standard InChI is InChI=1S/C19H17N3O3/c20-12-15(19(23)22-13-16-4-1-2-7-21-16)10-14-5-6-17-18(11-14)25-9-3-8-24-17/h1-2,4-7,10-11H,3,8-9,13H2,(H,22,23)/b15-10+. The van der Waals surface area contributed by atoms with E-state index in [1.807, 2.05) is 12.1 Å². The van der Waals surface area contributed by atoms with Gasteiger partial charge in [-0.25, -0.2) is 0 Å². The van der Waals surface area contributed by atoms with Crippen LogP contribution in [0.15, 0.2) is 48.2 Å². The number of aromatic nitrogens is 1. The first-order chi connectivity index (χ1) is 12.3. The lowest BCUT2D eigenvalue weighted by atomic mass is 10.1. The van der Waals surface area contributed by atoms with Crippen molar-refractivity contribution in [3.63, 3.8) is 0 Å². The summed E-state index contributed by atoms with van der Waals surface area (Å²) in [5.41, 5.74) is 1.45. The smallest absolute Gasteiger partial charge is 0.262 e. The van der Waals surface area contributed by atoms with E-state index >= 15 is 0 Å². The van der Waals surface area contributed by atoms with Crippen LogP contribution >= 0.6 is 0 Å². The summed E-state index contributed by atoms with van der Waals surface area (Å²) in [6.07, 6.45) is 4.00. The minimum absolute atomic E-state index is 0.0189. The highest BCUT2D eigenvalue weighted by atomic mass is 16.5. The third-order valence-electron chi connectivity index (χ3n) is 3.60. The fourth-order valence-corrected chi connectivity index (χ4v) is 2.35. The van der Waals surface area contributed by atoms with Crippen LogP contribution < -0.4 is 14.8 Å². The largest absolute Gasteiger partial charge is 0.490 e.